The maximum atomic E-state index is 12.6. The second-order valence-corrected chi connectivity index (χ2v) is 6.97. The Balaban J connectivity index is 2.22. The van der Waals surface area contributed by atoms with Crippen molar-refractivity contribution < 1.29 is 34.1 Å². The topological polar surface area (TPSA) is 126 Å². The normalized spacial score (nSPS) is 13.0. The number of anilines is 1. The number of aliphatic hydroxyl groups excluding tert-OH is 1. The summed E-state index contributed by atoms with van der Waals surface area (Å²) in [6.45, 7) is 3.39. The lowest BCUT2D eigenvalue weighted by Gasteiger charge is -2.23. The maximum Gasteiger partial charge on any atom is 0.412 e. The Hall–Kier alpha value is -3.56. The number of hydrogen-bond donors (Lipinski definition) is 4. The molecule has 0 unspecified atom stereocenters. The third-order valence-electron chi connectivity index (χ3n) is 4.59. The van der Waals surface area contributed by atoms with Gasteiger partial charge in [-0.2, -0.15) is 0 Å². The van der Waals surface area contributed by atoms with Crippen LogP contribution in [0.4, 0.5) is 10.5 Å². The van der Waals surface area contributed by atoms with Crippen molar-refractivity contribution in [3.63, 3.8) is 0 Å². The molecule has 0 saturated heterocycles. The van der Waals surface area contributed by atoms with Crippen LogP contribution in [0, 0.1) is 5.92 Å². The zero-order valence-electron chi connectivity index (χ0n) is 18.2. The van der Waals surface area contributed by atoms with Crippen molar-refractivity contribution in [3.8, 4) is 11.5 Å². The van der Waals surface area contributed by atoms with Gasteiger partial charge in [-0.1, -0.05) is 25.1 Å². The predicted octanol–water partition coefficient (Wildman–Crippen LogP) is 3.44. The van der Waals surface area contributed by atoms with Crippen molar-refractivity contribution in [1.29, 1.82) is 0 Å². The van der Waals surface area contributed by atoms with E-state index in [2.05, 4.69) is 5.32 Å². The summed E-state index contributed by atoms with van der Waals surface area (Å²) in [6.07, 6.45) is 0.194. The molecule has 0 bridgehead atoms. The molecule has 32 heavy (non-hydrogen) atoms. The molecule has 172 valence electrons. The van der Waals surface area contributed by atoms with E-state index in [-0.39, 0.29) is 18.8 Å². The second kappa shape index (κ2) is 12.3. The number of hydrogen-bond acceptors (Lipinski definition) is 7. The number of carbonyl (C=O) groups excluding carboxylic acids is 2. The molecule has 0 aliphatic rings. The van der Waals surface area contributed by atoms with Gasteiger partial charge in [-0.3, -0.25) is 15.3 Å². The summed E-state index contributed by atoms with van der Waals surface area (Å²) in [4.78, 5) is 24.3. The van der Waals surface area contributed by atoms with E-state index >= 15 is 0 Å². The number of nitrogens with one attached hydrogen (secondary N) is 2. The summed E-state index contributed by atoms with van der Waals surface area (Å²) in [7, 11) is 1.55. The number of rotatable bonds is 10. The lowest BCUT2D eigenvalue weighted by Crippen LogP contribution is -2.23. The van der Waals surface area contributed by atoms with Gasteiger partial charge < -0.3 is 19.3 Å². The quantitative estimate of drug-likeness (QED) is 0.251. The summed E-state index contributed by atoms with van der Waals surface area (Å²) >= 11 is 0. The van der Waals surface area contributed by atoms with E-state index in [9.17, 15) is 9.59 Å². The highest BCUT2D eigenvalue weighted by atomic mass is 16.6. The third kappa shape index (κ3) is 7.29. The van der Waals surface area contributed by atoms with Gasteiger partial charge in [-0.25, -0.2) is 10.3 Å². The Morgan fingerprint density at radius 1 is 1.06 bits per heavy atom. The van der Waals surface area contributed by atoms with Gasteiger partial charge in [0.05, 0.1) is 13.7 Å². The van der Waals surface area contributed by atoms with Crippen LogP contribution >= 0.6 is 0 Å². The van der Waals surface area contributed by atoms with E-state index < -0.39 is 24.0 Å². The first kappa shape index (κ1) is 24.7. The molecular weight excluding hydrogens is 416 g/mol. The van der Waals surface area contributed by atoms with Crippen LogP contribution in [-0.4, -0.2) is 42.6 Å². The van der Waals surface area contributed by atoms with E-state index in [0.717, 1.165) is 0 Å². The van der Waals surface area contributed by atoms with E-state index in [4.69, 9.17) is 24.5 Å². The minimum atomic E-state index is -0.735. The molecule has 2 aromatic carbocycles. The molecule has 2 atom stereocenters. The van der Waals surface area contributed by atoms with Gasteiger partial charge in [0.2, 0.25) is 0 Å². The van der Waals surface area contributed by atoms with E-state index in [0.29, 0.717) is 22.7 Å². The highest BCUT2D eigenvalue weighted by Crippen LogP contribution is 2.30. The largest absolute Gasteiger partial charge is 0.497 e. The number of hydroxylamine groups is 1. The van der Waals surface area contributed by atoms with Crippen molar-refractivity contribution in [2.24, 2.45) is 5.92 Å². The molecular formula is C23H28N2O7. The molecule has 2 amide bonds. The molecule has 0 heterocycles. The fraction of sp³-hybridized carbons (Fsp3) is 0.304. The molecule has 0 aliphatic heterocycles. The minimum Gasteiger partial charge on any atom is -0.497 e. The van der Waals surface area contributed by atoms with Crippen LogP contribution in [0.2, 0.25) is 0 Å². The SMILES string of the molecule is COc1ccc(NC(=O)O[C@@H](c2ccc(OCCO)cc2)[C@@H](C)/C=C(\C)C(=O)NO)cc1. The van der Waals surface area contributed by atoms with Crippen molar-refractivity contribution in [2.45, 2.75) is 20.0 Å². The van der Waals surface area contributed by atoms with Gasteiger partial charge in [-0.05, 0) is 48.9 Å². The van der Waals surface area contributed by atoms with Gasteiger partial charge in [-0.15, -0.1) is 0 Å². The first-order valence-electron chi connectivity index (χ1n) is 9.96. The van der Waals surface area contributed by atoms with Gasteiger partial charge in [0.1, 0.15) is 24.2 Å². The fourth-order valence-corrected chi connectivity index (χ4v) is 2.98. The summed E-state index contributed by atoms with van der Waals surface area (Å²) in [6, 6.07) is 13.7. The Bertz CT molecular complexity index is 911. The molecule has 0 aliphatic carbocycles. The number of amides is 2. The van der Waals surface area contributed by atoms with Gasteiger partial charge >= 0.3 is 6.09 Å². The standard InChI is InChI=1S/C23H28N2O7/c1-15(14-16(2)22(27)25-29)21(17-4-8-20(9-5-17)31-13-12-26)32-23(28)24-18-6-10-19(30-3)11-7-18/h4-11,14-15,21,26,29H,12-13H2,1-3H3,(H,24,28)(H,25,27)/b16-14+/t15-,21+/m0/s1. The molecule has 2 rings (SSSR count). The molecule has 0 spiro atoms. The second-order valence-electron chi connectivity index (χ2n) is 6.97. The lowest BCUT2D eigenvalue weighted by molar-refractivity contribution is -0.125. The average Bonchev–Trinajstić information content (AvgIpc) is 2.81. The van der Waals surface area contributed by atoms with Gasteiger partial charge in [0.15, 0.2) is 0 Å². The number of aliphatic hydroxyl groups is 1. The Morgan fingerprint density at radius 3 is 2.25 bits per heavy atom. The first-order chi connectivity index (χ1) is 15.4. The van der Waals surface area contributed by atoms with Crippen LogP contribution in [-0.2, 0) is 9.53 Å². The molecule has 4 N–H and O–H groups in total. The van der Waals surface area contributed by atoms with Crippen molar-refractivity contribution >= 4 is 17.7 Å². The van der Waals surface area contributed by atoms with Crippen LogP contribution < -0.4 is 20.3 Å². The summed E-state index contributed by atoms with van der Waals surface area (Å²) in [5.74, 6) is 0.161. The summed E-state index contributed by atoms with van der Waals surface area (Å²) in [5.41, 5.74) is 3.06. The fourth-order valence-electron chi connectivity index (χ4n) is 2.98. The smallest absolute Gasteiger partial charge is 0.412 e. The number of ether oxygens (including phenoxy) is 3. The molecule has 0 aromatic heterocycles. The molecule has 0 saturated carbocycles. The third-order valence-corrected chi connectivity index (χ3v) is 4.59. The average molecular weight is 444 g/mol. The Morgan fingerprint density at radius 2 is 1.69 bits per heavy atom. The zero-order chi connectivity index (χ0) is 23.5. The van der Waals surface area contributed by atoms with Crippen LogP contribution in [0.25, 0.3) is 0 Å². The van der Waals surface area contributed by atoms with Crippen LogP contribution in [0.5, 0.6) is 11.5 Å². The Kier molecular flexibility index (Phi) is 9.52. The van der Waals surface area contributed by atoms with Crippen LogP contribution in [0.1, 0.15) is 25.5 Å². The molecule has 9 heteroatoms. The first-order valence-corrected chi connectivity index (χ1v) is 9.96. The molecule has 2 aromatic rings. The molecule has 0 radical (unpaired) electrons. The highest BCUT2D eigenvalue weighted by Gasteiger charge is 2.23. The minimum absolute atomic E-state index is 0.104. The van der Waals surface area contributed by atoms with Gasteiger partial charge in [0.25, 0.3) is 5.91 Å². The lowest BCUT2D eigenvalue weighted by atomic mass is 9.95. The van der Waals surface area contributed by atoms with Crippen molar-refractivity contribution in [3.05, 3.63) is 65.7 Å². The van der Waals surface area contributed by atoms with Crippen LogP contribution in [0.15, 0.2) is 60.2 Å². The number of carbonyl (C=O) groups is 2. The zero-order valence-corrected chi connectivity index (χ0v) is 18.2. The number of benzene rings is 2. The molecule has 0 fully saturated rings. The monoisotopic (exact) mass is 444 g/mol. The molecule has 9 nitrogen and oxygen atoms in total. The number of methoxy groups -OCH3 is 1. The van der Waals surface area contributed by atoms with Crippen molar-refractivity contribution in [1.82, 2.24) is 5.48 Å². The maximum absolute atomic E-state index is 12.6. The van der Waals surface area contributed by atoms with Crippen molar-refractivity contribution in [2.75, 3.05) is 25.6 Å². The summed E-state index contributed by atoms with van der Waals surface area (Å²) in [5, 5.41) is 20.4. The van der Waals surface area contributed by atoms with Gasteiger partial charge in [0, 0.05) is 17.2 Å². The van der Waals surface area contributed by atoms with E-state index in [1.807, 2.05) is 0 Å². The Labute approximate surface area is 186 Å². The van der Waals surface area contributed by atoms with Crippen LogP contribution in [0.3, 0.4) is 0 Å². The van der Waals surface area contributed by atoms with E-state index in [1.165, 1.54) is 0 Å². The highest BCUT2D eigenvalue weighted by molar-refractivity contribution is 5.91. The predicted molar refractivity (Wildman–Crippen MR) is 118 cm³/mol. The summed E-state index contributed by atoms with van der Waals surface area (Å²) < 4.78 is 16.2. The van der Waals surface area contributed by atoms with E-state index in [1.54, 1.807) is 81.0 Å².